The van der Waals surface area contributed by atoms with Crippen LogP contribution in [0.3, 0.4) is 0 Å². The van der Waals surface area contributed by atoms with E-state index in [0.29, 0.717) is 0 Å². The molecule has 4 rings (SSSR count). The SMILES string of the molecule is C.NC(=O)c1ccc[n+]([C@@H]2OC(COP(=O)([O-])[O-])[C@@H](O)C2O)c1.NC(=O)c1ccc[n+]([C@@H]2OC(COP(=O)([O-])[O-])[C@@H](O)C2O)c1. The average molecular weight is 682 g/mol. The highest BCUT2D eigenvalue weighted by atomic mass is 31.2. The summed E-state index contributed by atoms with van der Waals surface area (Å²) in [6.07, 6.45) is -4.88. The van der Waals surface area contributed by atoms with Crippen molar-refractivity contribution in [2.75, 3.05) is 13.2 Å². The molecule has 0 spiro atoms. The summed E-state index contributed by atoms with van der Waals surface area (Å²) in [5.74, 6) is -1.39. The summed E-state index contributed by atoms with van der Waals surface area (Å²) in [6, 6.07) is 5.86. The second-order valence-corrected chi connectivity index (χ2v) is 11.7. The molecule has 2 amide bonds. The lowest BCUT2D eigenvalue weighted by Gasteiger charge is -2.30. The summed E-state index contributed by atoms with van der Waals surface area (Å²) in [4.78, 5) is 64.0. The molecule has 2 aliphatic rings. The number of carbonyl (C=O) groups excluding carboxylic acids is 2. The second kappa shape index (κ2) is 15.7. The first-order valence-corrected chi connectivity index (χ1v) is 15.3. The van der Waals surface area contributed by atoms with E-state index in [1.54, 1.807) is 0 Å². The molecule has 2 saturated heterocycles. The van der Waals surface area contributed by atoms with Crippen molar-refractivity contribution in [3.63, 3.8) is 0 Å². The van der Waals surface area contributed by atoms with Gasteiger partial charge in [-0.15, -0.1) is 0 Å². The number of primary amides is 2. The molecule has 0 aromatic carbocycles. The fourth-order valence-corrected chi connectivity index (χ4v) is 4.81. The van der Waals surface area contributed by atoms with E-state index in [4.69, 9.17) is 20.9 Å². The number of ether oxygens (including phenoxy) is 2. The number of hydrogen-bond donors (Lipinski definition) is 6. The molecule has 4 heterocycles. The predicted octanol–water partition coefficient (Wildman–Crippen LogP) is -6.29. The number of nitrogens with two attached hydrogens (primary N) is 2. The monoisotopic (exact) mass is 682 g/mol. The Morgan fingerprint density at radius 3 is 1.36 bits per heavy atom. The molecule has 2 fully saturated rings. The predicted molar refractivity (Wildman–Crippen MR) is 136 cm³/mol. The molecule has 2 aromatic rings. The molecule has 22 heteroatoms. The average Bonchev–Trinajstić information content (AvgIpc) is 3.40. The Morgan fingerprint density at radius 1 is 0.733 bits per heavy atom. The molecule has 2 aromatic heterocycles. The van der Waals surface area contributed by atoms with E-state index in [1.165, 1.54) is 58.2 Å². The number of rotatable bonds is 10. The molecular formula is C23H32N4O16P2-2. The van der Waals surface area contributed by atoms with Gasteiger partial charge in [-0.05, 0) is 12.1 Å². The van der Waals surface area contributed by atoms with Crippen LogP contribution in [0.15, 0.2) is 49.1 Å². The van der Waals surface area contributed by atoms with Crippen LogP contribution in [0.25, 0.3) is 0 Å². The standard InChI is InChI=1S/2C11H15N2O8P.CH4/c2*12-10(16)6-2-1-3-13(4-6)11-9(15)8(14)7(21-11)5-20-22(17,18)19;/h2*1-4,7-9,11,14-15H,5H2,(H3-,12,16,17,18,19);1H4/p-2/t2*7?,8-,9?,11-;/m11./s1. The van der Waals surface area contributed by atoms with Crippen LogP contribution < -0.4 is 40.2 Å². The number of nitrogens with zero attached hydrogens (tertiary/aromatic N) is 2. The molecule has 4 unspecified atom stereocenters. The summed E-state index contributed by atoms with van der Waals surface area (Å²) in [7, 11) is -10.4. The molecule has 2 aliphatic heterocycles. The van der Waals surface area contributed by atoms with E-state index in [0.717, 1.165) is 0 Å². The van der Waals surface area contributed by atoms with Crippen LogP contribution in [0.1, 0.15) is 40.6 Å². The lowest BCUT2D eigenvalue weighted by atomic mass is 10.1. The Balaban J connectivity index is 0.000000307. The summed E-state index contributed by atoms with van der Waals surface area (Å²) in [5.41, 5.74) is 10.6. The number of carbonyl (C=O) groups is 2. The van der Waals surface area contributed by atoms with Gasteiger partial charge in [0.25, 0.3) is 24.3 Å². The van der Waals surface area contributed by atoms with Crippen molar-refractivity contribution < 1.29 is 86.4 Å². The van der Waals surface area contributed by atoms with E-state index < -0.39 is 89.8 Å². The van der Waals surface area contributed by atoms with Crippen LogP contribution in [0.4, 0.5) is 0 Å². The topological polar surface area (TPSA) is 338 Å². The van der Waals surface area contributed by atoms with E-state index in [-0.39, 0.29) is 18.6 Å². The number of phosphoric acid groups is 2. The molecule has 20 nitrogen and oxygen atoms in total. The fraction of sp³-hybridized carbons (Fsp3) is 0.478. The first-order chi connectivity index (χ1) is 20.4. The minimum Gasteiger partial charge on any atom is -0.790 e. The van der Waals surface area contributed by atoms with Gasteiger partial charge in [-0.1, -0.05) is 7.43 Å². The van der Waals surface area contributed by atoms with Crippen molar-refractivity contribution in [1.82, 2.24) is 0 Å². The highest BCUT2D eigenvalue weighted by Gasteiger charge is 2.49. The Hall–Kier alpha value is -2.78. The van der Waals surface area contributed by atoms with Gasteiger partial charge in [-0.3, -0.25) is 9.59 Å². The highest BCUT2D eigenvalue weighted by molar-refractivity contribution is 7.43. The van der Waals surface area contributed by atoms with Gasteiger partial charge >= 0.3 is 0 Å². The van der Waals surface area contributed by atoms with Gasteiger partial charge in [0.1, 0.15) is 35.5 Å². The Labute approximate surface area is 255 Å². The van der Waals surface area contributed by atoms with Crippen molar-refractivity contribution >= 4 is 27.5 Å². The van der Waals surface area contributed by atoms with Gasteiger partial charge in [0.05, 0.1) is 28.9 Å². The Bertz CT molecular complexity index is 1320. The molecule has 0 saturated carbocycles. The van der Waals surface area contributed by atoms with Crippen molar-refractivity contribution in [3.8, 4) is 0 Å². The van der Waals surface area contributed by atoms with Gasteiger partial charge < -0.3 is 79.1 Å². The number of aromatic nitrogens is 2. The molecule has 8 N–H and O–H groups in total. The minimum atomic E-state index is -5.22. The third-order valence-corrected chi connectivity index (χ3v) is 7.20. The maximum atomic E-state index is 11.1. The summed E-state index contributed by atoms with van der Waals surface area (Å²) >= 11 is 0. The maximum absolute atomic E-state index is 11.1. The van der Waals surface area contributed by atoms with E-state index in [1.807, 2.05) is 0 Å². The van der Waals surface area contributed by atoms with Gasteiger partial charge in [-0.25, -0.2) is 0 Å². The summed E-state index contributed by atoms with van der Waals surface area (Å²) < 4.78 is 42.1. The summed E-state index contributed by atoms with van der Waals surface area (Å²) in [5, 5.41) is 39.5. The Kier molecular flexibility index (Phi) is 13.4. The fourth-order valence-electron chi connectivity index (χ4n) is 4.15. The first kappa shape index (κ1) is 38.4. The number of hydrogen-bond acceptors (Lipinski definition) is 16. The number of phosphoric ester groups is 2. The third kappa shape index (κ3) is 10.6. The molecule has 0 radical (unpaired) electrons. The molecular weight excluding hydrogens is 650 g/mol. The molecule has 45 heavy (non-hydrogen) atoms. The zero-order chi connectivity index (χ0) is 33.0. The molecule has 0 bridgehead atoms. The quantitative estimate of drug-likeness (QED) is 0.100. The number of pyridine rings is 2. The van der Waals surface area contributed by atoms with Crippen LogP contribution in [-0.2, 0) is 27.7 Å². The van der Waals surface area contributed by atoms with Gasteiger partial charge in [0, 0.05) is 12.1 Å². The first-order valence-electron chi connectivity index (χ1n) is 12.4. The minimum absolute atomic E-state index is 0. The lowest BCUT2D eigenvalue weighted by molar-refractivity contribution is -0.766. The third-order valence-electron chi connectivity index (χ3n) is 6.27. The van der Waals surface area contributed by atoms with Gasteiger partial charge in [-0.2, -0.15) is 9.13 Å². The van der Waals surface area contributed by atoms with Gasteiger partial charge in [0.2, 0.25) is 0 Å². The van der Waals surface area contributed by atoms with Crippen molar-refractivity contribution in [2.24, 2.45) is 11.5 Å². The van der Waals surface area contributed by atoms with E-state index in [9.17, 15) is 58.7 Å². The number of aliphatic hydroxyl groups is 4. The van der Waals surface area contributed by atoms with Crippen LogP contribution >= 0.6 is 15.6 Å². The highest BCUT2D eigenvalue weighted by Crippen LogP contribution is 2.32. The molecule has 8 atom stereocenters. The van der Waals surface area contributed by atoms with Crippen LogP contribution in [0.2, 0.25) is 0 Å². The zero-order valence-corrected chi connectivity index (χ0v) is 24.1. The van der Waals surface area contributed by atoms with Crippen molar-refractivity contribution in [1.29, 1.82) is 0 Å². The van der Waals surface area contributed by atoms with Crippen LogP contribution in [0.5, 0.6) is 0 Å². The van der Waals surface area contributed by atoms with E-state index in [2.05, 4.69) is 9.05 Å². The number of amides is 2. The van der Waals surface area contributed by atoms with Crippen molar-refractivity contribution in [3.05, 3.63) is 60.2 Å². The largest absolute Gasteiger partial charge is 0.790 e. The van der Waals surface area contributed by atoms with Gasteiger partial charge in [0.15, 0.2) is 37.0 Å². The molecule has 0 aliphatic carbocycles. The second-order valence-electron chi connectivity index (χ2n) is 9.39. The maximum Gasteiger partial charge on any atom is 0.292 e. The van der Waals surface area contributed by atoms with E-state index >= 15 is 0 Å². The zero-order valence-electron chi connectivity index (χ0n) is 22.3. The Morgan fingerprint density at radius 2 is 1.07 bits per heavy atom. The smallest absolute Gasteiger partial charge is 0.292 e. The van der Waals surface area contributed by atoms with Crippen LogP contribution in [0, 0.1) is 0 Å². The van der Waals surface area contributed by atoms with Crippen LogP contribution in [-0.4, -0.2) is 82.1 Å². The number of aliphatic hydroxyl groups excluding tert-OH is 4. The molecule has 252 valence electrons. The normalized spacial score (nSPS) is 28.1. The lowest BCUT2D eigenvalue weighted by Crippen LogP contribution is -2.46. The van der Waals surface area contributed by atoms with Crippen molar-refractivity contribution in [2.45, 2.75) is 56.5 Å². The summed E-state index contributed by atoms with van der Waals surface area (Å²) in [6.45, 7) is -1.45.